The average molecular weight is 400 g/mol. The van der Waals surface area contributed by atoms with Crippen molar-refractivity contribution in [2.45, 2.75) is 12.6 Å². The van der Waals surface area contributed by atoms with Crippen molar-refractivity contribution in [3.8, 4) is 0 Å². The minimum Gasteiger partial charge on any atom is -0.341 e. The van der Waals surface area contributed by atoms with E-state index in [0.717, 1.165) is 4.47 Å². The molecule has 3 nitrogen and oxygen atoms in total. The Balaban J connectivity index is 2.07. The standard InChI is InChI=1S/C14H15BrClF3N2O/c15-10-2-1-8(12(16)4-10)3-13(22)21-6-9(5-20)11(7-21)14(17,18)19/h1-2,4,9,11H,3,5-7,20H2. The van der Waals surface area contributed by atoms with Crippen molar-refractivity contribution in [2.24, 2.45) is 17.6 Å². The summed E-state index contributed by atoms with van der Waals surface area (Å²) in [5.74, 6) is -2.67. The molecule has 1 aromatic rings. The second-order valence-electron chi connectivity index (χ2n) is 5.36. The molecule has 0 radical (unpaired) electrons. The normalized spacial score (nSPS) is 22.2. The number of halogens is 5. The lowest BCUT2D eigenvalue weighted by molar-refractivity contribution is -0.179. The molecule has 0 spiro atoms. The van der Waals surface area contributed by atoms with Crippen LogP contribution in [-0.2, 0) is 11.2 Å². The largest absolute Gasteiger partial charge is 0.393 e. The Morgan fingerprint density at radius 3 is 2.59 bits per heavy atom. The highest BCUT2D eigenvalue weighted by molar-refractivity contribution is 9.10. The van der Waals surface area contributed by atoms with Crippen molar-refractivity contribution in [2.75, 3.05) is 19.6 Å². The molecule has 2 N–H and O–H groups in total. The fourth-order valence-electron chi connectivity index (χ4n) is 2.62. The minimum absolute atomic E-state index is 0.0199. The zero-order chi connectivity index (χ0) is 16.5. The smallest absolute Gasteiger partial charge is 0.341 e. The summed E-state index contributed by atoms with van der Waals surface area (Å²) in [6.45, 7) is -0.390. The molecule has 22 heavy (non-hydrogen) atoms. The molecular weight excluding hydrogens is 385 g/mol. The van der Waals surface area contributed by atoms with Gasteiger partial charge in [0.25, 0.3) is 0 Å². The first-order chi connectivity index (χ1) is 10.2. The maximum Gasteiger partial charge on any atom is 0.393 e. The Morgan fingerprint density at radius 2 is 2.09 bits per heavy atom. The summed E-state index contributed by atoms with van der Waals surface area (Å²) in [5, 5.41) is 0.407. The van der Waals surface area contributed by atoms with Crippen molar-refractivity contribution in [1.29, 1.82) is 0 Å². The minimum atomic E-state index is -4.34. The fraction of sp³-hybridized carbons (Fsp3) is 0.500. The molecule has 2 rings (SSSR count). The number of carbonyl (C=O) groups excluding carboxylic acids is 1. The number of benzene rings is 1. The molecule has 0 aliphatic carbocycles. The summed E-state index contributed by atoms with van der Waals surface area (Å²) in [6, 6.07) is 5.07. The Hall–Kier alpha value is -0.790. The molecule has 1 aliphatic rings. The summed E-state index contributed by atoms with van der Waals surface area (Å²) in [5.41, 5.74) is 6.00. The number of likely N-dealkylation sites (tertiary alicyclic amines) is 1. The van der Waals surface area contributed by atoms with E-state index in [-0.39, 0.29) is 32.0 Å². The van der Waals surface area contributed by atoms with Gasteiger partial charge in [0, 0.05) is 28.5 Å². The fourth-order valence-corrected chi connectivity index (χ4v) is 3.36. The van der Waals surface area contributed by atoms with Crippen molar-refractivity contribution in [3.05, 3.63) is 33.3 Å². The quantitative estimate of drug-likeness (QED) is 0.848. The van der Waals surface area contributed by atoms with Gasteiger partial charge in [0.05, 0.1) is 12.3 Å². The van der Waals surface area contributed by atoms with Crippen LogP contribution >= 0.6 is 27.5 Å². The first-order valence-electron chi connectivity index (χ1n) is 6.71. The second-order valence-corrected chi connectivity index (χ2v) is 6.68. The van der Waals surface area contributed by atoms with Crippen LogP contribution < -0.4 is 5.73 Å². The van der Waals surface area contributed by atoms with Crippen molar-refractivity contribution in [1.82, 2.24) is 4.90 Å². The highest BCUT2D eigenvalue weighted by Crippen LogP contribution is 2.37. The van der Waals surface area contributed by atoms with Crippen LogP contribution in [0.1, 0.15) is 5.56 Å². The van der Waals surface area contributed by atoms with Crippen molar-refractivity contribution < 1.29 is 18.0 Å². The lowest BCUT2D eigenvalue weighted by Crippen LogP contribution is -2.34. The van der Waals surface area contributed by atoms with Crippen LogP contribution in [0.15, 0.2) is 22.7 Å². The molecular formula is C14H15BrClF3N2O. The molecule has 0 saturated carbocycles. The Morgan fingerprint density at radius 1 is 1.41 bits per heavy atom. The summed E-state index contributed by atoms with van der Waals surface area (Å²) in [6.07, 6.45) is -4.36. The molecule has 122 valence electrons. The monoisotopic (exact) mass is 398 g/mol. The van der Waals surface area contributed by atoms with Crippen molar-refractivity contribution in [3.63, 3.8) is 0 Å². The third kappa shape index (κ3) is 3.94. The number of nitrogens with zero attached hydrogens (tertiary/aromatic N) is 1. The molecule has 8 heteroatoms. The van der Waals surface area contributed by atoms with Gasteiger partial charge in [-0.15, -0.1) is 0 Å². The van der Waals surface area contributed by atoms with E-state index in [1.54, 1.807) is 18.2 Å². The topological polar surface area (TPSA) is 46.3 Å². The Labute approximate surface area is 139 Å². The van der Waals surface area contributed by atoms with Crippen LogP contribution in [0.25, 0.3) is 0 Å². The molecule has 1 saturated heterocycles. The van der Waals surface area contributed by atoms with Gasteiger partial charge in [0.1, 0.15) is 0 Å². The maximum atomic E-state index is 13.0. The van der Waals surface area contributed by atoms with E-state index in [9.17, 15) is 18.0 Å². The molecule has 1 amide bonds. The van der Waals surface area contributed by atoms with Gasteiger partial charge in [0.15, 0.2) is 0 Å². The zero-order valence-electron chi connectivity index (χ0n) is 11.5. The Kier molecular flexibility index (Phi) is 5.40. The second kappa shape index (κ2) is 6.76. The summed E-state index contributed by atoms with van der Waals surface area (Å²) < 4.78 is 39.6. The highest BCUT2D eigenvalue weighted by Gasteiger charge is 2.49. The van der Waals surface area contributed by atoms with Gasteiger partial charge >= 0.3 is 6.18 Å². The van der Waals surface area contributed by atoms with Gasteiger partial charge in [-0.05, 0) is 24.2 Å². The number of alkyl halides is 3. The van der Waals surface area contributed by atoms with E-state index in [2.05, 4.69) is 15.9 Å². The molecule has 1 aromatic carbocycles. The molecule has 1 heterocycles. The van der Waals surface area contributed by atoms with E-state index >= 15 is 0 Å². The molecule has 1 fully saturated rings. The first kappa shape index (κ1) is 17.6. The molecule has 0 aromatic heterocycles. The predicted molar refractivity (Wildman–Crippen MR) is 81.5 cm³/mol. The molecule has 2 unspecified atom stereocenters. The lowest BCUT2D eigenvalue weighted by Gasteiger charge is -2.19. The van der Waals surface area contributed by atoms with Gasteiger partial charge < -0.3 is 10.6 Å². The van der Waals surface area contributed by atoms with E-state index in [0.29, 0.717) is 10.6 Å². The van der Waals surface area contributed by atoms with Gasteiger partial charge in [-0.25, -0.2) is 0 Å². The van der Waals surface area contributed by atoms with E-state index in [1.807, 2.05) is 0 Å². The third-order valence-corrected chi connectivity index (χ3v) is 4.72. The van der Waals surface area contributed by atoms with Gasteiger partial charge in [-0.3, -0.25) is 4.79 Å². The number of nitrogens with two attached hydrogens (primary N) is 1. The summed E-state index contributed by atoms with van der Waals surface area (Å²) >= 11 is 9.29. The van der Waals surface area contributed by atoms with Crippen LogP contribution in [0.2, 0.25) is 5.02 Å². The van der Waals surface area contributed by atoms with Crippen LogP contribution in [0.4, 0.5) is 13.2 Å². The molecule has 0 bridgehead atoms. The molecule has 1 aliphatic heterocycles. The highest BCUT2D eigenvalue weighted by atomic mass is 79.9. The number of rotatable bonds is 3. The lowest BCUT2D eigenvalue weighted by atomic mass is 9.96. The van der Waals surface area contributed by atoms with Crippen LogP contribution in [0.3, 0.4) is 0 Å². The van der Waals surface area contributed by atoms with Crippen LogP contribution in [-0.4, -0.2) is 36.6 Å². The first-order valence-corrected chi connectivity index (χ1v) is 7.88. The number of hydrogen-bond acceptors (Lipinski definition) is 2. The van der Waals surface area contributed by atoms with Gasteiger partial charge in [0.2, 0.25) is 5.91 Å². The average Bonchev–Trinajstić information content (AvgIpc) is 2.86. The summed E-state index contributed by atoms with van der Waals surface area (Å²) in [7, 11) is 0. The van der Waals surface area contributed by atoms with Crippen LogP contribution in [0, 0.1) is 11.8 Å². The summed E-state index contributed by atoms with van der Waals surface area (Å²) in [4.78, 5) is 13.5. The number of amides is 1. The number of hydrogen-bond donors (Lipinski definition) is 1. The molecule has 2 atom stereocenters. The van der Waals surface area contributed by atoms with Crippen LogP contribution in [0.5, 0.6) is 0 Å². The van der Waals surface area contributed by atoms with E-state index < -0.39 is 18.0 Å². The van der Waals surface area contributed by atoms with Crippen molar-refractivity contribution >= 4 is 33.4 Å². The predicted octanol–water partition coefficient (Wildman–Crippen LogP) is 3.24. The SMILES string of the molecule is NCC1CN(C(=O)Cc2ccc(Br)cc2Cl)CC1C(F)(F)F. The Bertz CT molecular complexity index is 568. The zero-order valence-corrected chi connectivity index (χ0v) is 13.9. The van der Waals surface area contributed by atoms with Gasteiger partial charge in [-0.1, -0.05) is 33.6 Å². The van der Waals surface area contributed by atoms with E-state index in [1.165, 1.54) is 4.90 Å². The van der Waals surface area contributed by atoms with E-state index in [4.69, 9.17) is 17.3 Å². The maximum absolute atomic E-state index is 13.0. The third-order valence-electron chi connectivity index (χ3n) is 3.87. The van der Waals surface area contributed by atoms with Gasteiger partial charge in [-0.2, -0.15) is 13.2 Å². The number of carbonyl (C=O) groups is 1.